The Hall–Kier alpha value is -1.80. The van der Waals surface area contributed by atoms with Gasteiger partial charge in [0.1, 0.15) is 17.0 Å². The molecule has 0 aliphatic heterocycles. The predicted octanol–water partition coefficient (Wildman–Crippen LogP) is 2.73. The van der Waals surface area contributed by atoms with E-state index in [0.717, 1.165) is 41.9 Å². The van der Waals surface area contributed by atoms with E-state index >= 15 is 0 Å². The molecule has 1 fully saturated rings. The fourth-order valence-corrected chi connectivity index (χ4v) is 2.45. The summed E-state index contributed by atoms with van der Waals surface area (Å²) in [6.45, 7) is 1.96. The maximum Gasteiger partial charge on any atom is 0.235 e. The average Bonchev–Trinajstić information content (AvgIpc) is 2.33. The molecule has 2 rings (SSSR count). The number of hydrogen-bond acceptors (Lipinski definition) is 4. The van der Waals surface area contributed by atoms with E-state index < -0.39 is 5.54 Å². The first-order valence-electron chi connectivity index (χ1n) is 5.99. The summed E-state index contributed by atoms with van der Waals surface area (Å²) < 4.78 is 10.7. The molecule has 1 aromatic rings. The summed E-state index contributed by atoms with van der Waals surface area (Å²) in [4.78, 5) is 14.6. The normalized spacial score (nSPS) is 16.4. The molecule has 0 spiro atoms. The van der Waals surface area contributed by atoms with Crippen LogP contribution in [0.15, 0.2) is 17.1 Å². The highest BCUT2D eigenvalue weighted by atomic mass is 16.5. The van der Waals surface area contributed by atoms with Crippen LogP contribution in [0.5, 0.6) is 11.5 Å². The molecule has 18 heavy (non-hydrogen) atoms. The van der Waals surface area contributed by atoms with E-state index in [-0.39, 0.29) is 0 Å². The zero-order chi connectivity index (χ0) is 13.2. The van der Waals surface area contributed by atoms with E-state index in [1.165, 1.54) is 0 Å². The van der Waals surface area contributed by atoms with Crippen LogP contribution in [0.4, 0.5) is 0 Å². The molecular formula is C14H17NO3. The zero-order valence-corrected chi connectivity index (χ0v) is 10.9. The molecule has 0 bridgehead atoms. The fourth-order valence-electron chi connectivity index (χ4n) is 2.45. The Balaban J connectivity index is 2.57. The minimum Gasteiger partial charge on any atom is -0.496 e. The van der Waals surface area contributed by atoms with Gasteiger partial charge in [-0.05, 0) is 43.9 Å². The van der Waals surface area contributed by atoms with Gasteiger partial charge in [0.25, 0.3) is 0 Å². The molecule has 1 saturated carbocycles. The first-order valence-corrected chi connectivity index (χ1v) is 5.99. The second kappa shape index (κ2) is 4.83. The van der Waals surface area contributed by atoms with Crippen LogP contribution in [-0.2, 0) is 10.3 Å². The number of methoxy groups -OCH3 is 2. The molecule has 4 heteroatoms. The Morgan fingerprint density at radius 1 is 1.22 bits per heavy atom. The first kappa shape index (κ1) is 12.7. The number of ether oxygens (including phenoxy) is 2. The van der Waals surface area contributed by atoms with E-state index in [4.69, 9.17) is 9.47 Å². The number of nitrogens with zero attached hydrogens (tertiary/aromatic N) is 1. The molecule has 0 amide bonds. The van der Waals surface area contributed by atoms with Crippen LogP contribution in [0.2, 0.25) is 0 Å². The Kier molecular flexibility index (Phi) is 3.39. The van der Waals surface area contributed by atoms with Gasteiger partial charge in [0.15, 0.2) is 0 Å². The van der Waals surface area contributed by atoms with Gasteiger partial charge in [-0.1, -0.05) is 0 Å². The van der Waals surface area contributed by atoms with E-state index in [2.05, 4.69) is 4.99 Å². The van der Waals surface area contributed by atoms with Crippen molar-refractivity contribution in [1.29, 1.82) is 0 Å². The lowest BCUT2D eigenvalue weighted by Crippen LogP contribution is -2.32. The van der Waals surface area contributed by atoms with Crippen molar-refractivity contribution in [1.82, 2.24) is 0 Å². The molecule has 96 valence electrons. The molecule has 0 aromatic heterocycles. The maximum absolute atomic E-state index is 10.6. The van der Waals surface area contributed by atoms with Gasteiger partial charge in [0.05, 0.1) is 14.2 Å². The lowest BCUT2D eigenvalue weighted by atomic mass is 9.72. The topological polar surface area (TPSA) is 47.9 Å². The highest BCUT2D eigenvalue weighted by Crippen LogP contribution is 2.49. The molecule has 4 nitrogen and oxygen atoms in total. The average molecular weight is 247 g/mol. The number of hydrogen-bond donors (Lipinski definition) is 0. The van der Waals surface area contributed by atoms with E-state index in [9.17, 15) is 4.79 Å². The third-order valence-corrected chi connectivity index (χ3v) is 3.66. The SMILES string of the molecule is COc1cc(C2(N=C=O)CCC2)c(OC)cc1C. The second-order valence-electron chi connectivity index (χ2n) is 4.61. The van der Waals surface area contributed by atoms with Crippen LogP contribution in [0.3, 0.4) is 0 Å². The highest BCUT2D eigenvalue weighted by molar-refractivity contribution is 5.51. The number of aryl methyl sites for hydroxylation is 1. The van der Waals surface area contributed by atoms with E-state index in [1.807, 2.05) is 19.1 Å². The summed E-state index contributed by atoms with van der Waals surface area (Å²) in [7, 11) is 3.26. The summed E-state index contributed by atoms with van der Waals surface area (Å²) in [5, 5.41) is 0. The number of benzene rings is 1. The minimum absolute atomic E-state index is 0.464. The Morgan fingerprint density at radius 3 is 2.33 bits per heavy atom. The number of isocyanates is 1. The molecular weight excluding hydrogens is 230 g/mol. The Bertz CT molecular complexity index is 500. The smallest absolute Gasteiger partial charge is 0.235 e. The van der Waals surface area contributed by atoms with Gasteiger partial charge in [0.2, 0.25) is 6.08 Å². The van der Waals surface area contributed by atoms with Crippen LogP contribution in [-0.4, -0.2) is 20.3 Å². The van der Waals surface area contributed by atoms with Gasteiger partial charge < -0.3 is 9.47 Å². The molecule has 0 N–H and O–H groups in total. The first-order chi connectivity index (χ1) is 8.66. The van der Waals surface area contributed by atoms with E-state index in [1.54, 1.807) is 20.3 Å². The number of carbonyl (C=O) groups excluding carboxylic acids is 1. The van der Waals surface area contributed by atoms with Crippen LogP contribution < -0.4 is 9.47 Å². The van der Waals surface area contributed by atoms with Gasteiger partial charge in [-0.25, -0.2) is 4.79 Å². The van der Waals surface area contributed by atoms with Gasteiger partial charge in [-0.15, -0.1) is 0 Å². The molecule has 0 heterocycles. The van der Waals surface area contributed by atoms with Gasteiger partial charge >= 0.3 is 0 Å². The summed E-state index contributed by atoms with van der Waals surface area (Å²) in [5.41, 5.74) is 1.46. The van der Waals surface area contributed by atoms with Crippen molar-refractivity contribution < 1.29 is 14.3 Å². The Morgan fingerprint density at radius 2 is 1.89 bits per heavy atom. The molecule has 0 saturated heterocycles. The molecule has 0 radical (unpaired) electrons. The molecule has 1 aliphatic rings. The van der Waals surface area contributed by atoms with Crippen LogP contribution >= 0.6 is 0 Å². The van der Waals surface area contributed by atoms with Crippen LogP contribution in [0, 0.1) is 6.92 Å². The van der Waals surface area contributed by atoms with Gasteiger partial charge in [-0.3, -0.25) is 0 Å². The van der Waals surface area contributed by atoms with Gasteiger partial charge in [-0.2, -0.15) is 4.99 Å². The van der Waals surface area contributed by atoms with Crippen molar-refractivity contribution in [3.8, 4) is 11.5 Å². The summed E-state index contributed by atoms with van der Waals surface area (Å²) in [6.07, 6.45) is 4.46. The standard InChI is InChI=1S/C14H17NO3/c1-10-7-13(18-3)11(8-12(10)17-2)14(15-9-16)5-4-6-14/h7-8H,4-6H2,1-3H3. The lowest BCUT2D eigenvalue weighted by molar-refractivity contribution is 0.245. The third kappa shape index (κ3) is 1.89. The molecule has 1 aromatic carbocycles. The van der Waals surface area contributed by atoms with Crippen molar-refractivity contribution in [2.45, 2.75) is 31.7 Å². The molecule has 1 aliphatic carbocycles. The highest BCUT2D eigenvalue weighted by Gasteiger charge is 2.41. The monoisotopic (exact) mass is 247 g/mol. The third-order valence-electron chi connectivity index (χ3n) is 3.66. The lowest BCUT2D eigenvalue weighted by Gasteiger charge is -2.38. The fraction of sp³-hybridized carbons (Fsp3) is 0.500. The van der Waals surface area contributed by atoms with Gasteiger partial charge in [0, 0.05) is 5.56 Å². The van der Waals surface area contributed by atoms with Crippen molar-refractivity contribution in [2.75, 3.05) is 14.2 Å². The van der Waals surface area contributed by atoms with E-state index in [0.29, 0.717) is 0 Å². The van der Waals surface area contributed by atoms with Crippen LogP contribution in [0.25, 0.3) is 0 Å². The molecule has 0 atom stereocenters. The Labute approximate surface area is 107 Å². The maximum atomic E-state index is 10.6. The van der Waals surface area contributed by atoms with Crippen molar-refractivity contribution in [3.63, 3.8) is 0 Å². The largest absolute Gasteiger partial charge is 0.496 e. The van der Waals surface area contributed by atoms with Crippen molar-refractivity contribution >= 4 is 6.08 Å². The summed E-state index contributed by atoms with van der Waals surface area (Å²) >= 11 is 0. The zero-order valence-electron chi connectivity index (χ0n) is 10.9. The number of rotatable bonds is 4. The summed E-state index contributed by atoms with van der Waals surface area (Å²) in [6, 6.07) is 3.85. The second-order valence-corrected chi connectivity index (χ2v) is 4.61. The minimum atomic E-state index is -0.464. The quantitative estimate of drug-likeness (QED) is 0.607. The summed E-state index contributed by atoms with van der Waals surface area (Å²) in [5.74, 6) is 1.55. The predicted molar refractivity (Wildman–Crippen MR) is 67.9 cm³/mol. The number of aliphatic imine (C=N–C) groups is 1. The molecule has 0 unspecified atom stereocenters. The van der Waals surface area contributed by atoms with Crippen molar-refractivity contribution in [3.05, 3.63) is 23.3 Å². The van der Waals surface area contributed by atoms with Crippen molar-refractivity contribution in [2.24, 2.45) is 4.99 Å². The van der Waals surface area contributed by atoms with Crippen LogP contribution in [0.1, 0.15) is 30.4 Å².